The minimum atomic E-state index is -0.710. The van der Waals surface area contributed by atoms with Crippen molar-refractivity contribution >= 4 is 15.9 Å². The van der Waals surface area contributed by atoms with Crippen molar-refractivity contribution in [2.24, 2.45) is 0 Å². The third-order valence-electron chi connectivity index (χ3n) is 0.893. The van der Waals surface area contributed by atoms with Gasteiger partial charge in [-0.1, -0.05) is 27.7 Å². The molecule has 0 aromatic heterocycles. The van der Waals surface area contributed by atoms with Crippen LogP contribution in [0, 0.1) is 5.82 Å². The van der Waals surface area contributed by atoms with Gasteiger partial charge in [0.05, 0.1) is 0 Å². The van der Waals surface area contributed by atoms with Crippen molar-refractivity contribution in [3.05, 3.63) is 28.5 Å². The van der Waals surface area contributed by atoms with Gasteiger partial charge in [-0.2, -0.15) is 0 Å². The Hall–Kier alpha value is -0.570. The number of benzene rings is 1. The zero-order chi connectivity index (χ0) is 6.85. The molecule has 0 atom stereocenters. The fraction of sp³-hybridized carbons (Fsp3) is 0. The largest absolute Gasteiger partial charge is 0.870 e. The Morgan fingerprint density at radius 1 is 1.44 bits per heavy atom. The molecule has 0 aliphatic carbocycles. The summed E-state index contributed by atoms with van der Waals surface area (Å²) in [5, 5.41) is 10.4. The summed E-state index contributed by atoms with van der Waals surface area (Å²) in [5.41, 5.74) is 0. The first kappa shape index (κ1) is 6.55. The highest BCUT2D eigenvalue weighted by molar-refractivity contribution is 9.10. The van der Waals surface area contributed by atoms with Gasteiger partial charge in [0, 0.05) is 4.47 Å². The highest BCUT2D eigenvalue weighted by atomic mass is 79.9. The lowest BCUT2D eigenvalue weighted by atomic mass is 10.3. The Bertz CT molecular complexity index is 224. The molecule has 0 saturated carbocycles. The van der Waals surface area contributed by atoms with Crippen molar-refractivity contribution in [3.8, 4) is 5.75 Å². The molecule has 9 heavy (non-hydrogen) atoms. The van der Waals surface area contributed by atoms with Crippen molar-refractivity contribution < 1.29 is 9.50 Å². The molecule has 0 heterocycles. The first-order valence-electron chi connectivity index (χ1n) is 2.32. The van der Waals surface area contributed by atoms with Gasteiger partial charge >= 0.3 is 0 Å². The van der Waals surface area contributed by atoms with Crippen molar-refractivity contribution in [2.45, 2.75) is 0 Å². The van der Waals surface area contributed by atoms with Crippen LogP contribution in [0.4, 0.5) is 4.39 Å². The fourth-order valence-corrected chi connectivity index (χ4v) is 0.817. The SMILES string of the molecule is [O-]c1cc(Br)ccc1F. The second-order valence-electron chi connectivity index (χ2n) is 1.57. The van der Waals surface area contributed by atoms with E-state index >= 15 is 0 Å². The van der Waals surface area contributed by atoms with Crippen LogP contribution in [0.1, 0.15) is 0 Å². The van der Waals surface area contributed by atoms with Gasteiger partial charge in [-0.15, -0.1) is 0 Å². The van der Waals surface area contributed by atoms with E-state index in [1.807, 2.05) is 0 Å². The van der Waals surface area contributed by atoms with Gasteiger partial charge in [0.25, 0.3) is 0 Å². The zero-order valence-electron chi connectivity index (χ0n) is 4.40. The Morgan fingerprint density at radius 2 is 2.11 bits per heavy atom. The predicted octanol–water partition coefficient (Wildman–Crippen LogP) is 1.66. The maximum atomic E-state index is 12.2. The molecular weight excluding hydrogens is 187 g/mol. The predicted molar refractivity (Wildman–Crippen MR) is 33.5 cm³/mol. The molecule has 1 rings (SSSR count). The minimum Gasteiger partial charge on any atom is -0.870 e. The summed E-state index contributed by atoms with van der Waals surface area (Å²) < 4.78 is 12.8. The van der Waals surface area contributed by atoms with Crippen LogP contribution in [0.5, 0.6) is 5.75 Å². The average Bonchev–Trinajstić information content (AvgIpc) is 1.80. The normalized spacial score (nSPS) is 9.56. The van der Waals surface area contributed by atoms with Gasteiger partial charge in [-0.05, 0) is 12.1 Å². The van der Waals surface area contributed by atoms with Gasteiger partial charge in [0.2, 0.25) is 0 Å². The van der Waals surface area contributed by atoms with Crippen molar-refractivity contribution in [1.82, 2.24) is 0 Å². The van der Waals surface area contributed by atoms with E-state index in [4.69, 9.17) is 0 Å². The van der Waals surface area contributed by atoms with Crippen LogP contribution < -0.4 is 5.11 Å². The molecule has 0 fully saturated rings. The van der Waals surface area contributed by atoms with Gasteiger partial charge in [0.1, 0.15) is 5.82 Å². The fourth-order valence-electron chi connectivity index (χ4n) is 0.477. The topological polar surface area (TPSA) is 23.1 Å². The van der Waals surface area contributed by atoms with E-state index in [1.54, 1.807) is 0 Å². The lowest BCUT2D eigenvalue weighted by molar-refractivity contribution is -0.272. The smallest absolute Gasteiger partial charge is 0.115 e. The van der Waals surface area contributed by atoms with Crippen LogP contribution in [-0.4, -0.2) is 0 Å². The van der Waals surface area contributed by atoms with Crippen LogP contribution in [-0.2, 0) is 0 Å². The monoisotopic (exact) mass is 189 g/mol. The highest BCUT2D eigenvalue weighted by Crippen LogP contribution is 2.17. The minimum absolute atomic E-state index is 0.579. The lowest BCUT2D eigenvalue weighted by Crippen LogP contribution is -1.92. The standard InChI is InChI=1S/C6H4BrFO/c7-4-1-2-5(8)6(9)3-4/h1-3,9H/p-1. The maximum Gasteiger partial charge on any atom is 0.115 e. The number of hydrogen-bond acceptors (Lipinski definition) is 1. The molecule has 3 heteroatoms. The van der Waals surface area contributed by atoms with Crippen LogP contribution >= 0.6 is 15.9 Å². The molecular formula is C6H3BrFO-. The Balaban J connectivity index is 3.17. The van der Waals surface area contributed by atoms with E-state index in [1.165, 1.54) is 12.1 Å². The molecule has 0 N–H and O–H groups in total. The summed E-state index contributed by atoms with van der Waals surface area (Å²) in [6.45, 7) is 0. The van der Waals surface area contributed by atoms with E-state index < -0.39 is 11.6 Å². The van der Waals surface area contributed by atoms with E-state index in [9.17, 15) is 9.50 Å². The summed E-state index contributed by atoms with van der Waals surface area (Å²) in [7, 11) is 0. The molecule has 48 valence electrons. The third-order valence-corrected chi connectivity index (χ3v) is 1.39. The average molecular weight is 190 g/mol. The highest BCUT2D eigenvalue weighted by Gasteiger charge is 1.89. The van der Waals surface area contributed by atoms with Gasteiger partial charge in [-0.3, -0.25) is 0 Å². The van der Waals surface area contributed by atoms with E-state index in [-0.39, 0.29) is 0 Å². The third kappa shape index (κ3) is 1.42. The van der Waals surface area contributed by atoms with Gasteiger partial charge in [-0.25, -0.2) is 4.39 Å². The molecule has 1 aromatic carbocycles. The van der Waals surface area contributed by atoms with Crippen molar-refractivity contribution in [2.75, 3.05) is 0 Å². The Kier molecular flexibility index (Phi) is 1.71. The number of hydrogen-bond donors (Lipinski definition) is 0. The summed E-state index contributed by atoms with van der Waals surface area (Å²) in [5.74, 6) is -1.29. The Labute approximate surface area is 60.3 Å². The Morgan fingerprint density at radius 3 is 2.56 bits per heavy atom. The maximum absolute atomic E-state index is 12.2. The summed E-state index contributed by atoms with van der Waals surface area (Å²) in [4.78, 5) is 0. The molecule has 1 nitrogen and oxygen atoms in total. The molecule has 0 aliphatic rings. The molecule has 0 amide bonds. The molecule has 1 aromatic rings. The van der Waals surface area contributed by atoms with Crippen LogP contribution in [0.3, 0.4) is 0 Å². The van der Waals surface area contributed by atoms with Crippen molar-refractivity contribution in [3.63, 3.8) is 0 Å². The second kappa shape index (κ2) is 2.35. The first-order chi connectivity index (χ1) is 4.20. The van der Waals surface area contributed by atoms with E-state index in [2.05, 4.69) is 15.9 Å². The summed E-state index contributed by atoms with van der Waals surface area (Å²) in [6, 6.07) is 3.80. The molecule has 0 saturated heterocycles. The van der Waals surface area contributed by atoms with Crippen LogP contribution in [0.2, 0.25) is 0 Å². The molecule has 0 aliphatic heterocycles. The summed E-state index contributed by atoms with van der Waals surface area (Å²) in [6.07, 6.45) is 0. The van der Waals surface area contributed by atoms with Crippen LogP contribution in [0.25, 0.3) is 0 Å². The summed E-state index contributed by atoms with van der Waals surface area (Å²) >= 11 is 3.03. The van der Waals surface area contributed by atoms with Crippen LogP contribution in [0.15, 0.2) is 22.7 Å². The molecule has 0 bridgehead atoms. The van der Waals surface area contributed by atoms with E-state index in [0.717, 1.165) is 6.07 Å². The molecule has 0 radical (unpaired) electrons. The number of rotatable bonds is 0. The quantitative estimate of drug-likeness (QED) is 0.609. The zero-order valence-corrected chi connectivity index (χ0v) is 5.98. The van der Waals surface area contributed by atoms with Crippen molar-refractivity contribution in [1.29, 1.82) is 0 Å². The van der Waals surface area contributed by atoms with Gasteiger partial charge < -0.3 is 5.11 Å². The van der Waals surface area contributed by atoms with E-state index in [0.29, 0.717) is 4.47 Å². The molecule has 0 unspecified atom stereocenters. The second-order valence-corrected chi connectivity index (χ2v) is 2.49. The van der Waals surface area contributed by atoms with Gasteiger partial charge in [0.15, 0.2) is 0 Å². The molecule has 0 spiro atoms. The number of halogens is 2. The lowest BCUT2D eigenvalue weighted by Gasteiger charge is -2.04. The first-order valence-corrected chi connectivity index (χ1v) is 3.11.